The second kappa shape index (κ2) is 11.5. The molecule has 1 fully saturated rings. The number of aromatic nitrogens is 2. The van der Waals surface area contributed by atoms with Crippen molar-refractivity contribution < 1.29 is 27.4 Å². The molecule has 192 valence electrons. The lowest BCUT2D eigenvalue weighted by molar-refractivity contribution is -0.137. The van der Waals surface area contributed by atoms with Crippen molar-refractivity contribution in [3.8, 4) is 5.75 Å². The summed E-state index contributed by atoms with van der Waals surface area (Å²) in [5.74, 6) is -0.254. The zero-order valence-corrected chi connectivity index (χ0v) is 20.2. The minimum absolute atomic E-state index is 0.0375. The third-order valence-electron chi connectivity index (χ3n) is 5.35. The van der Waals surface area contributed by atoms with E-state index >= 15 is 0 Å². The molecule has 1 aromatic carbocycles. The van der Waals surface area contributed by atoms with Crippen LogP contribution in [0.3, 0.4) is 0 Å². The van der Waals surface area contributed by atoms with Crippen molar-refractivity contribution in [2.45, 2.75) is 6.18 Å². The van der Waals surface area contributed by atoms with Crippen LogP contribution in [0, 0.1) is 0 Å². The third-order valence-corrected chi connectivity index (χ3v) is 6.18. The highest BCUT2D eigenvalue weighted by Crippen LogP contribution is 2.37. The molecule has 13 heteroatoms. The second-order valence-corrected chi connectivity index (χ2v) is 8.69. The van der Waals surface area contributed by atoms with Gasteiger partial charge in [-0.15, -0.1) is 11.3 Å². The Labute approximate surface area is 209 Å². The molecule has 0 bridgehead atoms. The van der Waals surface area contributed by atoms with E-state index in [1.165, 1.54) is 13.1 Å². The Hall–Kier alpha value is -3.42. The monoisotopic (exact) mass is 522 g/mol. The second-order valence-electron chi connectivity index (χ2n) is 7.77. The number of halogens is 3. The highest BCUT2D eigenvalue weighted by atomic mass is 32.1. The maximum atomic E-state index is 13.6. The number of carbonyl (C=O) groups is 1. The van der Waals surface area contributed by atoms with Gasteiger partial charge in [-0.3, -0.25) is 9.69 Å². The zero-order valence-electron chi connectivity index (χ0n) is 19.4. The Morgan fingerprint density at radius 1 is 1.17 bits per heavy atom. The number of alkyl halides is 3. The van der Waals surface area contributed by atoms with Crippen LogP contribution in [0.4, 0.5) is 35.6 Å². The summed E-state index contributed by atoms with van der Waals surface area (Å²) in [7, 11) is 1.44. The predicted octanol–water partition coefficient (Wildman–Crippen LogP) is 4.11. The van der Waals surface area contributed by atoms with Gasteiger partial charge in [0, 0.05) is 38.6 Å². The van der Waals surface area contributed by atoms with Gasteiger partial charge in [-0.25, -0.2) is 4.98 Å². The van der Waals surface area contributed by atoms with Crippen LogP contribution in [-0.2, 0) is 10.9 Å². The average molecular weight is 523 g/mol. The van der Waals surface area contributed by atoms with Gasteiger partial charge in [0.2, 0.25) is 5.95 Å². The van der Waals surface area contributed by atoms with Crippen LogP contribution >= 0.6 is 11.3 Å². The van der Waals surface area contributed by atoms with Crippen LogP contribution in [0.5, 0.6) is 5.75 Å². The lowest BCUT2D eigenvalue weighted by Crippen LogP contribution is -2.38. The molecular weight excluding hydrogens is 497 g/mol. The Morgan fingerprint density at radius 3 is 2.61 bits per heavy atom. The molecule has 3 aromatic rings. The standard InChI is InChI=1S/C23H25F3N6O3S/c1-27-20(33)17-6-13-36-21(17)30-19-18(23(24,25)26)14-28-22(31-19)29-15-2-4-16(5-3-15)35-12-9-32-7-10-34-11-8-32/h2-6,13-14H,7-12H2,1H3,(H,27,33)(H2,28,29,30,31). The summed E-state index contributed by atoms with van der Waals surface area (Å²) >= 11 is 1.09. The first kappa shape index (κ1) is 25.7. The topological polar surface area (TPSA) is 101 Å². The van der Waals surface area contributed by atoms with E-state index in [9.17, 15) is 18.0 Å². The summed E-state index contributed by atoms with van der Waals surface area (Å²) in [6.07, 6.45) is -3.99. The van der Waals surface area contributed by atoms with Crippen molar-refractivity contribution in [3.05, 3.63) is 53.0 Å². The number of anilines is 4. The summed E-state index contributed by atoms with van der Waals surface area (Å²) in [4.78, 5) is 22.1. The number of benzene rings is 1. The van der Waals surface area contributed by atoms with E-state index in [1.54, 1.807) is 29.6 Å². The summed E-state index contributed by atoms with van der Waals surface area (Å²) in [5, 5.41) is 9.85. The molecule has 9 nitrogen and oxygen atoms in total. The van der Waals surface area contributed by atoms with Crippen molar-refractivity contribution in [1.29, 1.82) is 0 Å². The largest absolute Gasteiger partial charge is 0.492 e. The smallest absolute Gasteiger partial charge is 0.421 e. The van der Waals surface area contributed by atoms with Crippen molar-refractivity contribution in [2.24, 2.45) is 0 Å². The Balaban J connectivity index is 1.44. The minimum Gasteiger partial charge on any atom is -0.492 e. The van der Waals surface area contributed by atoms with Crippen LogP contribution in [-0.4, -0.2) is 67.3 Å². The molecule has 3 heterocycles. The molecule has 0 spiro atoms. The first-order valence-electron chi connectivity index (χ1n) is 11.1. The quantitative estimate of drug-likeness (QED) is 0.386. The molecule has 0 atom stereocenters. The Morgan fingerprint density at radius 2 is 1.92 bits per heavy atom. The highest BCUT2D eigenvalue weighted by Gasteiger charge is 2.35. The van der Waals surface area contributed by atoms with E-state index in [0.717, 1.165) is 44.2 Å². The van der Waals surface area contributed by atoms with Crippen molar-refractivity contribution in [3.63, 3.8) is 0 Å². The SMILES string of the molecule is CNC(=O)c1ccsc1Nc1nc(Nc2ccc(OCCN3CCOCC3)cc2)ncc1C(F)(F)F. The number of morpholine rings is 1. The average Bonchev–Trinajstić information content (AvgIpc) is 3.33. The van der Waals surface area contributed by atoms with Gasteiger partial charge < -0.3 is 25.4 Å². The van der Waals surface area contributed by atoms with Crippen LogP contribution in [0.2, 0.25) is 0 Å². The molecule has 0 radical (unpaired) electrons. The van der Waals surface area contributed by atoms with Crippen molar-refractivity contribution in [1.82, 2.24) is 20.2 Å². The van der Waals surface area contributed by atoms with E-state index in [-0.39, 0.29) is 16.5 Å². The molecule has 0 unspecified atom stereocenters. The maximum absolute atomic E-state index is 13.6. The molecule has 1 amide bonds. The number of carbonyl (C=O) groups excluding carboxylic acids is 1. The number of nitrogens with zero attached hydrogens (tertiary/aromatic N) is 3. The maximum Gasteiger partial charge on any atom is 0.421 e. The molecule has 2 aromatic heterocycles. The summed E-state index contributed by atoms with van der Waals surface area (Å²) in [6.45, 7) is 4.55. The molecular formula is C23H25F3N6O3S. The van der Waals surface area contributed by atoms with Gasteiger partial charge in [0.25, 0.3) is 5.91 Å². The fourth-order valence-electron chi connectivity index (χ4n) is 3.45. The normalized spacial score (nSPS) is 14.3. The van der Waals surface area contributed by atoms with Crippen LogP contribution < -0.4 is 20.7 Å². The number of amides is 1. The van der Waals surface area contributed by atoms with Gasteiger partial charge in [0.05, 0.1) is 18.8 Å². The first-order chi connectivity index (χ1) is 17.3. The van der Waals surface area contributed by atoms with Crippen molar-refractivity contribution >= 4 is 39.7 Å². The lowest BCUT2D eigenvalue weighted by Gasteiger charge is -2.26. The van der Waals surface area contributed by atoms with E-state index in [1.807, 2.05) is 0 Å². The summed E-state index contributed by atoms with van der Waals surface area (Å²) in [5.41, 5.74) is -0.260. The van der Waals surface area contributed by atoms with Crippen molar-refractivity contribution in [2.75, 3.05) is 57.1 Å². The molecule has 1 aliphatic rings. The molecule has 36 heavy (non-hydrogen) atoms. The predicted molar refractivity (Wildman–Crippen MR) is 131 cm³/mol. The molecule has 0 saturated carbocycles. The number of thiophene rings is 1. The lowest BCUT2D eigenvalue weighted by atomic mass is 10.2. The van der Waals surface area contributed by atoms with Gasteiger partial charge in [-0.1, -0.05) is 0 Å². The molecule has 1 aliphatic heterocycles. The number of hydrogen-bond donors (Lipinski definition) is 3. The van der Waals surface area contributed by atoms with Crippen LogP contribution in [0.1, 0.15) is 15.9 Å². The minimum atomic E-state index is -4.69. The molecule has 1 saturated heterocycles. The number of rotatable bonds is 9. The van der Waals surface area contributed by atoms with Gasteiger partial charge in [-0.05, 0) is 35.7 Å². The fourth-order valence-corrected chi connectivity index (χ4v) is 4.24. The van der Waals surface area contributed by atoms with E-state index in [2.05, 4.69) is 30.8 Å². The van der Waals surface area contributed by atoms with Crippen LogP contribution in [0.15, 0.2) is 41.9 Å². The molecule has 3 N–H and O–H groups in total. The van der Waals surface area contributed by atoms with Gasteiger partial charge in [0.15, 0.2) is 0 Å². The van der Waals surface area contributed by atoms with E-state index in [4.69, 9.17) is 9.47 Å². The number of nitrogens with one attached hydrogen (secondary N) is 3. The number of hydrogen-bond acceptors (Lipinski definition) is 9. The molecule has 4 rings (SSSR count). The summed E-state index contributed by atoms with van der Waals surface area (Å²) < 4.78 is 51.9. The van der Waals surface area contributed by atoms with Gasteiger partial charge in [-0.2, -0.15) is 18.2 Å². The first-order valence-corrected chi connectivity index (χ1v) is 12.0. The Kier molecular flexibility index (Phi) is 8.23. The van der Waals surface area contributed by atoms with E-state index < -0.39 is 23.5 Å². The summed E-state index contributed by atoms with van der Waals surface area (Å²) in [6, 6.07) is 8.48. The third kappa shape index (κ3) is 6.62. The Bertz CT molecular complexity index is 1170. The molecule has 0 aliphatic carbocycles. The fraction of sp³-hybridized carbons (Fsp3) is 0.348. The van der Waals surface area contributed by atoms with Gasteiger partial charge >= 0.3 is 6.18 Å². The number of ether oxygens (including phenoxy) is 2. The van der Waals surface area contributed by atoms with Crippen LogP contribution in [0.25, 0.3) is 0 Å². The highest BCUT2D eigenvalue weighted by molar-refractivity contribution is 7.14. The zero-order chi connectivity index (χ0) is 25.5. The van der Waals surface area contributed by atoms with E-state index in [0.29, 0.717) is 24.2 Å². The van der Waals surface area contributed by atoms with Gasteiger partial charge in [0.1, 0.15) is 28.7 Å².